The predicted octanol–water partition coefficient (Wildman–Crippen LogP) is 4.94. The molecule has 3 rings (SSSR count). The van der Waals surface area contributed by atoms with E-state index in [4.69, 9.17) is 4.74 Å². The SMILES string of the molecule is CC(=O)c1ccc(N2CCN(CCOc3cc(C(C)C)ccc3C)CC2)cc1.Cl. The third kappa shape index (κ3) is 6.22. The van der Waals surface area contributed by atoms with Gasteiger partial charge in [-0.1, -0.05) is 26.0 Å². The molecule has 1 fully saturated rings. The smallest absolute Gasteiger partial charge is 0.159 e. The summed E-state index contributed by atoms with van der Waals surface area (Å²) in [6.07, 6.45) is 0. The van der Waals surface area contributed by atoms with E-state index < -0.39 is 0 Å². The highest BCUT2D eigenvalue weighted by atomic mass is 35.5. The van der Waals surface area contributed by atoms with Gasteiger partial charge in [0.2, 0.25) is 0 Å². The van der Waals surface area contributed by atoms with Crippen LogP contribution in [0, 0.1) is 6.92 Å². The first-order valence-electron chi connectivity index (χ1n) is 10.3. The van der Waals surface area contributed by atoms with Gasteiger partial charge in [-0.25, -0.2) is 0 Å². The molecule has 0 unspecified atom stereocenters. The third-order valence-corrected chi connectivity index (χ3v) is 5.56. The number of ketones is 1. The number of anilines is 1. The van der Waals surface area contributed by atoms with Crippen LogP contribution in [0.25, 0.3) is 0 Å². The molecule has 158 valence electrons. The monoisotopic (exact) mass is 416 g/mol. The van der Waals surface area contributed by atoms with E-state index in [1.807, 2.05) is 12.1 Å². The number of aryl methyl sites for hydroxylation is 1. The Morgan fingerprint density at radius 3 is 2.28 bits per heavy atom. The zero-order valence-corrected chi connectivity index (χ0v) is 18.8. The molecule has 0 atom stereocenters. The number of carbonyl (C=O) groups excluding carboxylic acids is 1. The van der Waals surface area contributed by atoms with Crippen LogP contribution in [-0.2, 0) is 0 Å². The maximum Gasteiger partial charge on any atom is 0.159 e. The summed E-state index contributed by atoms with van der Waals surface area (Å²) in [6, 6.07) is 14.5. The molecule has 2 aromatic carbocycles. The van der Waals surface area contributed by atoms with Gasteiger partial charge in [-0.05, 0) is 61.2 Å². The van der Waals surface area contributed by atoms with E-state index in [0.717, 1.165) is 50.6 Å². The summed E-state index contributed by atoms with van der Waals surface area (Å²) in [5, 5.41) is 0. The molecule has 1 aliphatic rings. The first kappa shape index (κ1) is 23.2. The number of benzene rings is 2. The van der Waals surface area contributed by atoms with E-state index in [1.165, 1.54) is 16.8 Å². The first-order valence-corrected chi connectivity index (χ1v) is 10.3. The molecule has 29 heavy (non-hydrogen) atoms. The van der Waals surface area contributed by atoms with Gasteiger partial charge in [-0.3, -0.25) is 9.69 Å². The van der Waals surface area contributed by atoms with Crippen LogP contribution in [-0.4, -0.2) is 50.0 Å². The summed E-state index contributed by atoms with van der Waals surface area (Å²) in [6.45, 7) is 13.9. The lowest BCUT2D eigenvalue weighted by Crippen LogP contribution is -2.47. The molecule has 0 amide bonds. The lowest BCUT2D eigenvalue weighted by molar-refractivity contribution is 0.101. The lowest BCUT2D eigenvalue weighted by Gasteiger charge is -2.36. The van der Waals surface area contributed by atoms with Crippen LogP contribution in [0.5, 0.6) is 5.75 Å². The molecule has 1 heterocycles. The summed E-state index contributed by atoms with van der Waals surface area (Å²) in [5.41, 5.74) is 4.49. The van der Waals surface area contributed by atoms with Gasteiger partial charge in [0.1, 0.15) is 12.4 Å². The van der Waals surface area contributed by atoms with Gasteiger partial charge >= 0.3 is 0 Å². The van der Waals surface area contributed by atoms with Crippen LogP contribution in [0.15, 0.2) is 42.5 Å². The Bertz CT molecular complexity index is 797. The number of ether oxygens (including phenoxy) is 1. The Balaban J connectivity index is 0.00000300. The molecule has 0 aliphatic carbocycles. The Hall–Kier alpha value is -2.04. The standard InChI is InChI=1S/C24H32N2O2.ClH/c1-18(2)22-6-5-19(3)24(17-22)28-16-15-25-11-13-26(14-12-25)23-9-7-21(8-10-23)20(4)27;/h5-10,17-18H,11-16H2,1-4H3;1H. The average Bonchev–Trinajstić information content (AvgIpc) is 2.70. The number of carbonyl (C=O) groups is 1. The number of hydrogen-bond acceptors (Lipinski definition) is 4. The van der Waals surface area contributed by atoms with Crippen molar-refractivity contribution >= 4 is 23.9 Å². The summed E-state index contributed by atoms with van der Waals surface area (Å²) >= 11 is 0. The topological polar surface area (TPSA) is 32.8 Å². The molecule has 0 spiro atoms. The Kier molecular flexibility index (Phi) is 8.54. The zero-order valence-electron chi connectivity index (χ0n) is 18.0. The van der Waals surface area contributed by atoms with Gasteiger partial charge in [-0.15, -0.1) is 12.4 Å². The molecule has 0 radical (unpaired) electrons. The first-order chi connectivity index (χ1) is 13.4. The number of halogens is 1. The fourth-order valence-corrected chi connectivity index (χ4v) is 3.55. The third-order valence-electron chi connectivity index (χ3n) is 5.56. The predicted molar refractivity (Wildman–Crippen MR) is 123 cm³/mol. The van der Waals surface area contributed by atoms with Gasteiger partial charge in [0.15, 0.2) is 5.78 Å². The van der Waals surface area contributed by atoms with E-state index in [9.17, 15) is 4.79 Å². The molecule has 0 saturated carbocycles. The maximum atomic E-state index is 11.4. The molecule has 0 bridgehead atoms. The van der Waals surface area contributed by atoms with Crippen LogP contribution >= 0.6 is 12.4 Å². The highest BCUT2D eigenvalue weighted by molar-refractivity contribution is 5.94. The normalized spacial score (nSPS) is 14.6. The van der Waals surface area contributed by atoms with Crippen molar-refractivity contribution in [3.05, 3.63) is 59.2 Å². The molecule has 0 aromatic heterocycles. The highest BCUT2D eigenvalue weighted by Gasteiger charge is 2.17. The Labute approximate surface area is 181 Å². The van der Waals surface area contributed by atoms with Crippen molar-refractivity contribution in [2.45, 2.75) is 33.6 Å². The van der Waals surface area contributed by atoms with Gasteiger partial charge in [0, 0.05) is 44.0 Å². The van der Waals surface area contributed by atoms with Crippen molar-refractivity contribution in [1.82, 2.24) is 4.90 Å². The largest absolute Gasteiger partial charge is 0.492 e. The van der Waals surface area contributed by atoms with Crippen LogP contribution in [0.1, 0.15) is 48.2 Å². The second-order valence-corrected chi connectivity index (χ2v) is 7.96. The van der Waals surface area contributed by atoms with Crippen molar-refractivity contribution in [3.8, 4) is 5.75 Å². The van der Waals surface area contributed by atoms with Crippen molar-refractivity contribution in [2.24, 2.45) is 0 Å². The molecule has 5 heteroatoms. The Morgan fingerprint density at radius 2 is 1.69 bits per heavy atom. The van der Waals surface area contributed by atoms with Gasteiger partial charge in [0.25, 0.3) is 0 Å². The number of nitrogens with zero attached hydrogens (tertiary/aromatic N) is 2. The number of hydrogen-bond donors (Lipinski definition) is 0. The molecular weight excluding hydrogens is 384 g/mol. The van der Waals surface area contributed by atoms with Crippen LogP contribution in [0.2, 0.25) is 0 Å². The average molecular weight is 417 g/mol. The van der Waals surface area contributed by atoms with Gasteiger partial charge in [-0.2, -0.15) is 0 Å². The minimum Gasteiger partial charge on any atom is -0.492 e. The van der Waals surface area contributed by atoms with E-state index in [0.29, 0.717) is 5.92 Å². The number of rotatable bonds is 7. The van der Waals surface area contributed by atoms with Crippen LogP contribution in [0.3, 0.4) is 0 Å². The van der Waals surface area contributed by atoms with E-state index in [1.54, 1.807) is 6.92 Å². The summed E-state index contributed by atoms with van der Waals surface area (Å²) in [4.78, 5) is 16.3. The minimum absolute atomic E-state index is 0. The van der Waals surface area contributed by atoms with Crippen LogP contribution in [0.4, 0.5) is 5.69 Å². The molecular formula is C24H33ClN2O2. The summed E-state index contributed by atoms with van der Waals surface area (Å²) < 4.78 is 6.09. The molecule has 2 aromatic rings. The molecule has 4 nitrogen and oxygen atoms in total. The molecule has 1 aliphatic heterocycles. The van der Waals surface area contributed by atoms with E-state index in [-0.39, 0.29) is 18.2 Å². The van der Waals surface area contributed by atoms with Gasteiger partial charge < -0.3 is 9.64 Å². The van der Waals surface area contributed by atoms with E-state index in [2.05, 4.69) is 60.9 Å². The quantitative estimate of drug-likeness (QED) is 0.598. The van der Waals surface area contributed by atoms with E-state index >= 15 is 0 Å². The summed E-state index contributed by atoms with van der Waals surface area (Å²) in [5.74, 6) is 1.64. The molecule has 1 saturated heterocycles. The van der Waals surface area contributed by atoms with Crippen molar-refractivity contribution in [3.63, 3.8) is 0 Å². The van der Waals surface area contributed by atoms with Crippen molar-refractivity contribution in [1.29, 1.82) is 0 Å². The number of piperazine rings is 1. The van der Waals surface area contributed by atoms with Crippen molar-refractivity contribution < 1.29 is 9.53 Å². The summed E-state index contributed by atoms with van der Waals surface area (Å²) in [7, 11) is 0. The number of Topliss-reactive ketones (excluding diaryl/α,β-unsaturated/α-hetero) is 1. The minimum atomic E-state index is 0. The van der Waals surface area contributed by atoms with Crippen molar-refractivity contribution in [2.75, 3.05) is 44.2 Å². The second-order valence-electron chi connectivity index (χ2n) is 7.96. The zero-order chi connectivity index (χ0) is 20.1. The van der Waals surface area contributed by atoms with Crippen LogP contribution < -0.4 is 9.64 Å². The highest BCUT2D eigenvalue weighted by Crippen LogP contribution is 2.24. The fraction of sp³-hybridized carbons (Fsp3) is 0.458. The maximum absolute atomic E-state index is 11.4. The van der Waals surface area contributed by atoms with Gasteiger partial charge in [0.05, 0.1) is 0 Å². The second kappa shape index (κ2) is 10.7. The lowest BCUT2D eigenvalue weighted by atomic mass is 10.0. The Morgan fingerprint density at radius 1 is 1.03 bits per heavy atom. The molecule has 0 N–H and O–H groups in total. The fourth-order valence-electron chi connectivity index (χ4n) is 3.55.